The van der Waals surface area contributed by atoms with Gasteiger partial charge in [0.1, 0.15) is 6.10 Å². The largest absolute Gasteiger partial charge is 0.447 e. The van der Waals surface area contributed by atoms with Crippen molar-refractivity contribution in [1.29, 1.82) is 21.2 Å². The first-order chi connectivity index (χ1) is 14.8. The summed E-state index contributed by atoms with van der Waals surface area (Å²) in [6.07, 6.45) is 3.27. The summed E-state index contributed by atoms with van der Waals surface area (Å²) in [7, 11) is 0. The first-order valence-electron chi connectivity index (χ1n) is 10.4. The first kappa shape index (κ1) is 20.9. The van der Waals surface area contributed by atoms with E-state index in [1.54, 1.807) is 6.92 Å². The van der Waals surface area contributed by atoms with E-state index in [-0.39, 0.29) is 5.90 Å². The number of nitrogens with zero attached hydrogens (tertiary/aromatic N) is 3. The van der Waals surface area contributed by atoms with Crippen molar-refractivity contribution in [3.8, 4) is 18.2 Å². The summed E-state index contributed by atoms with van der Waals surface area (Å²) < 4.78 is 12.3. The highest BCUT2D eigenvalue weighted by atomic mass is 16.7. The molecule has 1 N–H and O–H groups in total. The van der Waals surface area contributed by atoms with Crippen LogP contribution in [0.5, 0.6) is 0 Å². The lowest BCUT2D eigenvalue weighted by Gasteiger charge is -2.50. The molecular formula is C25H24N4O2. The second kappa shape index (κ2) is 7.09. The van der Waals surface area contributed by atoms with E-state index < -0.39 is 28.6 Å². The molecule has 0 spiro atoms. The molecule has 2 fully saturated rings. The van der Waals surface area contributed by atoms with Gasteiger partial charge in [-0.15, -0.1) is 0 Å². The number of nitrogens with one attached hydrogen (secondary N) is 1. The fraction of sp³-hybridized carbons (Fsp3) is 0.440. The number of ether oxygens (including phenoxy) is 2. The molecule has 0 radical (unpaired) electrons. The van der Waals surface area contributed by atoms with Crippen molar-refractivity contribution >= 4 is 5.90 Å². The summed E-state index contributed by atoms with van der Waals surface area (Å²) in [4.78, 5) is 0. The standard InChI is InChI=1S/C25H24N4O2/c1-16(2)17-9-11-19(12-10-17)21-24(13-26,14-27)25(15-28)20(18-7-5-4-6-8-18)23(3,30-21)31-22(25)29/h4-8,11,17,20-21,29H,1,9-10,12H2,2-3H3. The number of fused-ring (bicyclic) bond motifs is 2. The fourth-order valence-corrected chi connectivity index (χ4v) is 5.51. The first-order valence-corrected chi connectivity index (χ1v) is 10.4. The number of benzene rings is 1. The fourth-order valence-electron chi connectivity index (χ4n) is 5.51. The molecule has 2 bridgehead atoms. The Hall–Kier alpha value is -3.40. The van der Waals surface area contributed by atoms with Gasteiger partial charge in [0.2, 0.25) is 17.1 Å². The van der Waals surface area contributed by atoms with Crippen LogP contribution < -0.4 is 0 Å². The van der Waals surface area contributed by atoms with Crippen LogP contribution in [0.15, 0.2) is 54.1 Å². The van der Waals surface area contributed by atoms with E-state index in [9.17, 15) is 15.8 Å². The Morgan fingerprint density at radius 1 is 1.16 bits per heavy atom. The summed E-state index contributed by atoms with van der Waals surface area (Å²) in [5.41, 5.74) is -1.10. The van der Waals surface area contributed by atoms with E-state index in [0.29, 0.717) is 17.9 Å². The second-order valence-electron chi connectivity index (χ2n) is 8.84. The van der Waals surface area contributed by atoms with Gasteiger partial charge in [-0.3, -0.25) is 5.41 Å². The van der Waals surface area contributed by atoms with Gasteiger partial charge in [-0.2, -0.15) is 15.8 Å². The normalized spacial score (nSPS) is 35.6. The van der Waals surface area contributed by atoms with Crippen molar-refractivity contribution in [3.63, 3.8) is 0 Å². The maximum absolute atomic E-state index is 10.5. The lowest BCUT2D eigenvalue weighted by molar-refractivity contribution is -0.241. The zero-order valence-corrected chi connectivity index (χ0v) is 17.7. The average molecular weight is 412 g/mol. The minimum Gasteiger partial charge on any atom is -0.447 e. The van der Waals surface area contributed by atoms with Crippen molar-refractivity contribution in [2.75, 3.05) is 0 Å². The summed E-state index contributed by atoms with van der Waals surface area (Å²) in [5.74, 6) is -2.17. The van der Waals surface area contributed by atoms with Crippen molar-refractivity contribution < 1.29 is 9.47 Å². The topological polar surface area (TPSA) is 114 Å². The maximum atomic E-state index is 10.5. The summed E-state index contributed by atoms with van der Waals surface area (Å²) in [6.45, 7) is 7.74. The number of hydrogen-bond acceptors (Lipinski definition) is 6. The van der Waals surface area contributed by atoms with Crippen LogP contribution in [0, 0.1) is 56.2 Å². The number of hydrogen-bond donors (Lipinski definition) is 1. The van der Waals surface area contributed by atoms with E-state index in [1.165, 1.54) is 0 Å². The Labute approximate surface area is 182 Å². The molecule has 0 aromatic heterocycles. The molecule has 156 valence electrons. The molecule has 4 rings (SSSR count). The van der Waals surface area contributed by atoms with Crippen LogP contribution in [-0.2, 0) is 9.47 Å². The quantitative estimate of drug-likeness (QED) is 0.720. The predicted molar refractivity (Wildman–Crippen MR) is 113 cm³/mol. The van der Waals surface area contributed by atoms with Gasteiger partial charge in [0.05, 0.1) is 24.1 Å². The molecule has 2 aliphatic heterocycles. The lowest BCUT2D eigenvalue weighted by Crippen LogP contribution is -2.61. The molecule has 3 aliphatic rings. The smallest absolute Gasteiger partial charge is 0.218 e. The van der Waals surface area contributed by atoms with Crippen LogP contribution in [0.3, 0.4) is 0 Å². The SMILES string of the molecule is C=C(C)C1CC=C(C2OC3(C)OC(=N)C(C#N)(C3c3ccccc3)C2(C#N)C#N)CC1. The summed E-state index contributed by atoms with van der Waals surface area (Å²) >= 11 is 0. The summed E-state index contributed by atoms with van der Waals surface area (Å²) in [5, 5.41) is 39.8. The molecule has 31 heavy (non-hydrogen) atoms. The van der Waals surface area contributed by atoms with Crippen molar-refractivity contribution in [3.05, 3.63) is 59.7 Å². The molecule has 5 atom stereocenters. The predicted octanol–water partition coefficient (Wildman–Crippen LogP) is 4.74. The second-order valence-corrected chi connectivity index (χ2v) is 8.84. The molecule has 0 saturated carbocycles. The molecule has 1 aliphatic carbocycles. The van der Waals surface area contributed by atoms with Crippen molar-refractivity contribution in [1.82, 2.24) is 0 Å². The zero-order chi connectivity index (χ0) is 22.4. The molecule has 5 unspecified atom stereocenters. The molecule has 2 saturated heterocycles. The van der Waals surface area contributed by atoms with E-state index in [0.717, 1.165) is 24.0 Å². The molecule has 6 nitrogen and oxygen atoms in total. The van der Waals surface area contributed by atoms with E-state index >= 15 is 0 Å². The van der Waals surface area contributed by atoms with Crippen LogP contribution >= 0.6 is 0 Å². The molecule has 2 heterocycles. The highest BCUT2D eigenvalue weighted by Gasteiger charge is 2.79. The Kier molecular flexibility index (Phi) is 4.77. The van der Waals surface area contributed by atoms with Crippen LogP contribution in [0.4, 0.5) is 0 Å². The van der Waals surface area contributed by atoms with Crippen LogP contribution in [-0.4, -0.2) is 17.8 Å². The molecule has 1 aromatic rings. The Morgan fingerprint density at radius 3 is 2.35 bits per heavy atom. The van der Waals surface area contributed by atoms with Crippen LogP contribution in [0.2, 0.25) is 0 Å². The third-order valence-electron chi connectivity index (χ3n) is 7.13. The van der Waals surface area contributed by atoms with Gasteiger partial charge < -0.3 is 9.47 Å². The van der Waals surface area contributed by atoms with Crippen LogP contribution in [0.25, 0.3) is 0 Å². The molecule has 1 aromatic carbocycles. The van der Waals surface area contributed by atoms with Gasteiger partial charge in [-0.1, -0.05) is 48.6 Å². The minimum atomic E-state index is -1.92. The number of allylic oxidation sites excluding steroid dienone is 2. The monoisotopic (exact) mass is 412 g/mol. The van der Waals surface area contributed by atoms with Gasteiger partial charge in [0, 0.05) is 6.92 Å². The van der Waals surface area contributed by atoms with Crippen molar-refractivity contribution in [2.24, 2.45) is 16.7 Å². The van der Waals surface area contributed by atoms with Gasteiger partial charge in [0.25, 0.3) is 0 Å². The zero-order valence-electron chi connectivity index (χ0n) is 17.7. The minimum absolute atomic E-state index is 0.342. The third-order valence-corrected chi connectivity index (χ3v) is 7.13. The van der Waals surface area contributed by atoms with E-state index in [2.05, 4.69) is 24.8 Å². The lowest BCUT2D eigenvalue weighted by atomic mass is 9.52. The third kappa shape index (κ3) is 2.61. The highest BCUT2D eigenvalue weighted by molar-refractivity contribution is 5.90. The van der Waals surface area contributed by atoms with E-state index in [4.69, 9.17) is 14.9 Å². The number of nitriles is 3. The van der Waals surface area contributed by atoms with Crippen LogP contribution in [0.1, 0.15) is 44.6 Å². The average Bonchev–Trinajstić information content (AvgIpc) is 2.97. The Bertz CT molecular complexity index is 1090. The van der Waals surface area contributed by atoms with Crippen molar-refractivity contribution in [2.45, 2.75) is 50.9 Å². The van der Waals surface area contributed by atoms with E-state index in [1.807, 2.05) is 43.3 Å². The van der Waals surface area contributed by atoms with Gasteiger partial charge in [0.15, 0.2) is 5.41 Å². The molecule has 6 heteroatoms. The van der Waals surface area contributed by atoms with Gasteiger partial charge in [-0.25, -0.2) is 0 Å². The Morgan fingerprint density at radius 2 is 1.84 bits per heavy atom. The Balaban J connectivity index is 1.92. The van der Waals surface area contributed by atoms with Gasteiger partial charge >= 0.3 is 0 Å². The summed E-state index contributed by atoms with van der Waals surface area (Å²) in [6, 6.07) is 15.6. The highest BCUT2D eigenvalue weighted by Crippen LogP contribution is 2.67. The molecular weight excluding hydrogens is 388 g/mol. The molecule has 0 amide bonds. The maximum Gasteiger partial charge on any atom is 0.218 e. The number of rotatable bonds is 3. The van der Waals surface area contributed by atoms with Gasteiger partial charge in [-0.05, 0) is 43.2 Å².